The molecule has 0 aliphatic rings. The molecule has 0 saturated carbocycles. The Bertz CT molecular complexity index is 923. The number of H-pyrrole nitrogens is 1. The van der Waals surface area contributed by atoms with Crippen LogP contribution in [0.5, 0.6) is 17.2 Å². The van der Waals surface area contributed by atoms with Crippen molar-refractivity contribution in [2.75, 3.05) is 26.6 Å². The molecule has 8 heteroatoms. The largest absolute Gasteiger partial charge is 0.497 e. The fourth-order valence-corrected chi connectivity index (χ4v) is 2.44. The van der Waals surface area contributed by atoms with Gasteiger partial charge in [-0.15, -0.1) is 5.10 Å². The fraction of sp³-hybridized carbons (Fsp3) is 0.167. The van der Waals surface area contributed by atoms with Crippen LogP contribution in [0.15, 0.2) is 42.5 Å². The Labute approximate surface area is 150 Å². The van der Waals surface area contributed by atoms with Crippen molar-refractivity contribution in [2.24, 2.45) is 0 Å². The van der Waals surface area contributed by atoms with Crippen LogP contribution in [0.3, 0.4) is 0 Å². The molecule has 134 valence electrons. The molecule has 1 aromatic heterocycles. The van der Waals surface area contributed by atoms with Crippen LogP contribution < -0.4 is 19.5 Å². The Morgan fingerprint density at radius 2 is 1.77 bits per heavy atom. The number of aromatic nitrogens is 3. The molecule has 0 aliphatic carbocycles. The maximum atomic E-state index is 12.6. The molecule has 0 atom stereocenters. The van der Waals surface area contributed by atoms with Gasteiger partial charge in [-0.25, -0.2) is 0 Å². The fourth-order valence-electron chi connectivity index (χ4n) is 2.44. The van der Waals surface area contributed by atoms with E-state index in [0.29, 0.717) is 28.6 Å². The first-order chi connectivity index (χ1) is 12.7. The predicted octanol–water partition coefficient (Wildman–Crippen LogP) is 2.75. The summed E-state index contributed by atoms with van der Waals surface area (Å²) in [5.41, 5.74) is 1.05. The lowest BCUT2D eigenvalue weighted by atomic mass is 10.1. The molecule has 1 amide bonds. The average molecular weight is 354 g/mol. The van der Waals surface area contributed by atoms with Gasteiger partial charge in [0.05, 0.1) is 32.5 Å². The van der Waals surface area contributed by atoms with Crippen molar-refractivity contribution in [1.82, 2.24) is 15.2 Å². The lowest BCUT2D eigenvalue weighted by Crippen LogP contribution is -2.14. The number of anilines is 1. The van der Waals surface area contributed by atoms with Crippen LogP contribution in [0, 0.1) is 0 Å². The third kappa shape index (κ3) is 3.44. The van der Waals surface area contributed by atoms with Crippen molar-refractivity contribution in [2.45, 2.75) is 0 Å². The number of amides is 1. The number of hydrogen-bond donors (Lipinski definition) is 2. The smallest absolute Gasteiger partial charge is 0.261 e. The standard InChI is InChI=1S/C18H18N4O4/c1-24-11-8-9-15(26-3)13(10-11)17(23)20-18-19-16(21-22-18)12-6-4-5-7-14(12)25-2/h4-10H,1-3H3,(H2,19,20,21,22,23). The molecule has 0 fully saturated rings. The number of carbonyl (C=O) groups is 1. The second-order valence-corrected chi connectivity index (χ2v) is 5.23. The number of nitrogens with one attached hydrogen (secondary N) is 2. The lowest BCUT2D eigenvalue weighted by Gasteiger charge is -2.09. The van der Waals surface area contributed by atoms with Crippen LogP contribution in [0.25, 0.3) is 11.4 Å². The molecule has 0 spiro atoms. The molecule has 0 saturated heterocycles. The molecule has 0 unspecified atom stereocenters. The summed E-state index contributed by atoms with van der Waals surface area (Å²) in [6, 6.07) is 12.3. The topological polar surface area (TPSA) is 98.4 Å². The molecule has 1 heterocycles. The normalized spacial score (nSPS) is 10.3. The van der Waals surface area contributed by atoms with E-state index in [1.165, 1.54) is 14.2 Å². The maximum absolute atomic E-state index is 12.6. The van der Waals surface area contributed by atoms with Gasteiger partial charge in [0, 0.05) is 0 Å². The van der Waals surface area contributed by atoms with E-state index in [2.05, 4.69) is 20.5 Å². The second kappa shape index (κ2) is 7.56. The number of ether oxygens (including phenoxy) is 3. The number of nitrogens with zero attached hydrogens (tertiary/aromatic N) is 2. The number of aromatic amines is 1. The predicted molar refractivity (Wildman–Crippen MR) is 95.9 cm³/mol. The molecule has 0 radical (unpaired) electrons. The third-order valence-electron chi connectivity index (χ3n) is 3.72. The van der Waals surface area contributed by atoms with Crippen molar-refractivity contribution in [3.05, 3.63) is 48.0 Å². The lowest BCUT2D eigenvalue weighted by molar-refractivity contribution is 0.102. The van der Waals surface area contributed by atoms with Gasteiger partial charge in [-0.2, -0.15) is 4.98 Å². The zero-order valence-electron chi connectivity index (χ0n) is 14.6. The number of hydrogen-bond acceptors (Lipinski definition) is 6. The minimum absolute atomic E-state index is 0.140. The third-order valence-corrected chi connectivity index (χ3v) is 3.72. The van der Waals surface area contributed by atoms with E-state index in [1.54, 1.807) is 25.3 Å². The second-order valence-electron chi connectivity index (χ2n) is 5.23. The van der Waals surface area contributed by atoms with Gasteiger partial charge in [-0.3, -0.25) is 15.2 Å². The van der Waals surface area contributed by atoms with Gasteiger partial charge in [0.1, 0.15) is 17.2 Å². The van der Waals surface area contributed by atoms with Crippen molar-refractivity contribution in [1.29, 1.82) is 0 Å². The van der Waals surface area contributed by atoms with Gasteiger partial charge in [0.2, 0.25) is 5.95 Å². The van der Waals surface area contributed by atoms with Gasteiger partial charge in [0.15, 0.2) is 5.82 Å². The van der Waals surface area contributed by atoms with E-state index in [0.717, 1.165) is 5.56 Å². The molecule has 2 N–H and O–H groups in total. The highest BCUT2D eigenvalue weighted by Gasteiger charge is 2.17. The average Bonchev–Trinajstić information content (AvgIpc) is 3.15. The van der Waals surface area contributed by atoms with Crippen LogP contribution in [0.1, 0.15) is 10.4 Å². The molecule has 3 aromatic rings. The zero-order valence-corrected chi connectivity index (χ0v) is 14.6. The highest BCUT2D eigenvalue weighted by Crippen LogP contribution is 2.28. The van der Waals surface area contributed by atoms with E-state index in [9.17, 15) is 4.79 Å². The zero-order chi connectivity index (χ0) is 18.5. The Morgan fingerprint density at radius 3 is 2.50 bits per heavy atom. The Hall–Kier alpha value is -3.55. The van der Waals surface area contributed by atoms with E-state index in [-0.39, 0.29) is 5.95 Å². The highest BCUT2D eigenvalue weighted by molar-refractivity contribution is 6.05. The summed E-state index contributed by atoms with van der Waals surface area (Å²) in [7, 11) is 4.59. The summed E-state index contributed by atoms with van der Waals surface area (Å²) in [5.74, 6) is 1.82. The molecular weight excluding hydrogens is 336 g/mol. The SMILES string of the molecule is COc1ccc(OC)c(C(=O)Nc2n[nH]c(-c3ccccc3OC)n2)c1. The van der Waals surface area contributed by atoms with Gasteiger partial charge < -0.3 is 14.2 Å². The van der Waals surface area contributed by atoms with E-state index in [4.69, 9.17) is 14.2 Å². The van der Waals surface area contributed by atoms with Gasteiger partial charge in [0.25, 0.3) is 5.91 Å². The van der Waals surface area contributed by atoms with Crippen molar-refractivity contribution in [3.8, 4) is 28.6 Å². The van der Waals surface area contributed by atoms with E-state index in [1.807, 2.05) is 24.3 Å². The molecule has 0 aliphatic heterocycles. The summed E-state index contributed by atoms with van der Waals surface area (Å²) < 4.78 is 15.7. The first-order valence-electron chi connectivity index (χ1n) is 7.75. The number of para-hydroxylation sites is 1. The molecule has 8 nitrogen and oxygen atoms in total. The summed E-state index contributed by atoms with van der Waals surface area (Å²) in [6.07, 6.45) is 0. The first kappa shape index (κ1) is 17.3. The molecule has 26 heavy (non-hydrogen) atoms. The Kier molecular flexibility index (Phi) is 5.02. The van der Waals surface area contributed by atoms with E-state index < -0.39 is 5.91 Å². The number of carbonyl (C=O) groups excluding carboxylic acids is 1. The van der Waals surface area contributed by atoms with E-state index >= 15 is 0 Å². The number of methoxy groups -OCH3 is 3. The first-order valence-corrected chi connectivity index (χ1v) is 7.75. The maximum Gasteiger partial charge on any atom is 0.261 e. The summed E-state index contributed by atoms with van der Waals surface area (Å²) in [5, 5.41) is 9.47. The summed E-state index contributed by atoms with van der Waals surface area (Å²) in [4.78, 5) is 16.9. The van der Waals surface area contributed by atoms with Crippen LogP contribution in [0.2, 0.25) is 0 Å². The van der Waals surface area contributed by atoms with Gasteiger partial charge >= 0.3 is 0 Å². The van der Waals surface area contributed by atoms with Gasteiger partial charge in [-0.1, -0.05) is 12.1 Å². The molecule has 2 aromatic carbocycles. The van der Waals surface area contributed by atoms with Crippen molar-refractivity contribution >= 4 is 11.9 Å². The Morgan fingerprint density at radius 1 is 1.00 bits per heavy atom. The minimum atomic E-state index is -0.411. The van der Waals surface area contributed by atoms with Crippen LogP contribution in [-0.2, 0) is 0 Å². The quantitative estimate of drug-likeness (QED) is 0.706. The molecule has 0 bridgehead atoms. The Balaban J connectivity index is 1.84. The van der Waals surface area contributed by atoms with Crippen LogP contribution in [0.4, 0.5) is 5.95 Å². The molecular formula is C18H18N4O4. The summed E-state index contributed by atoms with van der Waals surface area (Å²) in [6.45, 7) is 0. The monoisotopic (exact) mass is 354 g/mol. The van der Waals surface area contributed by atoms with Crippen LogP contribution in [-0.4, -0.2) is 42.4 Å². The van der Waals surface area contributed by atoms with Crippen LogP contribution >= 0.6 is 0 Å². The number of rotatable bonds is 6. The van der Waals surface area contributed by atoms with Gasteiger partial charge in [-0.05, 0) is 30.3 Å². The number of benzene rings is 2. The summed E-state index contributed by atoms with van der Waals surface area (Å²) >= 11 is 0. The minimum Gasteiger partial charge on any atom is -0.497 e. The van der Waals surface area contributed by atoms with Crippen molar-refractivity contribution < 1.29 is 19.0 Å². The highest BCUT2D eigenvalue weighted by atomic mass is 16.5. The molecule has 3 rings (SSSR count). The van der Waals surface area contributed by atoms with Crippen molar-refractivity contribution in [3.63, 3.8) is 0 Å².